The molecule has 0 saturated heterocycles. The van der Waals surface area contributed by atoms with Crippen LogP contribution >= 0.6 is 22.6 Å². The first-order valence-corrected chi connectivity index (χ1v) is 6.78. The summed E-state index contributed by atoms with van der Waals surface area (Å²) in [5.41, 5.74) is 0.682. The summed E-state index contributed by atoms with van der Waals surface area (Å²) in [5, 5.41) is 12.1. The van der Waals surface area contributed by atoms with Gasteiger partial charge in [0.1, 0.15) is 0 Å². The summed E-state index contributed by atoms with van der Waals surface area (Å²) in [7, 11) is 0. The van der Waals surface area contributed by atoms with Gasteiger partial charge in [0.2, 0.25) is 0 Å². The first kappa shape index (κ1) is 14.4. The van der Waals surface area contributed by atoms with E-state index in [1.165, 1.54) is 0 Å². The Labute approximate surface area is 116 Å². The zero-order valence-corrected chi connectivity index (χ0v) is 12.3. The Kier molecular flexibility index (Phi) is 5.91. The second kappa shape index (κ2) is 6.96. The highest BCUT2D eigenvalue weighted by Crippen LogP contribution is 2.08. The summed E-state index contributed by atoms with van der Waals surface area (Å²) >= 11 is 2.18. The largest absolute Gasteiger partial charge is 0.393 e. The van der Waals surface area contributed by atoms with Crippen LogP contribution < -0.4 is 5.32 Å². The van der Waals surface area contributed by atoms with Gasteiger partial charge in [-0.15, -0.1) is 0 Å². The van der Waals surface area contributed by atoms with Crippen LogP contribution in [-0.2, 0) is 0 Å². The van der Waals surface area contributed by atoms with Crippen molar-refractivity contribution in [3.63, 3.8) is 0 Å². The van der Waals surface area contributed by atoms with E-state index in [1.807, 2.05) is 25.1 Å². The predicted molar refractivity (Wildman–Crippen MR) is 77.0 cm³/mol. The van der Waals surface area contributed by atoms with Crippen LogP contribution in [0.15, 0.2) is 24.3 Å². The van der Waals surface area contributed by atoms with Crippen molar-refractivity contribution in [1.82, 2.24) is 5.32 Å². The second-order valence-corrected chi connectivity index (χ2v) is 5.66. The Balaban J connectivity index is 2.45. The second-order valence-electron chi connectivity index (χ2n) is 4.41. The third kappa shape index (κ3) is 5.50. The number of halogens is 1. The lowest BCUT2D eigenvalue weighted by Gasteiger charge is -2.14. The van der Waals surface area contributed by atoms with Crippen LogP contribution in [0.1, 0.15) is 30.6 Å². The van der Waals surface area contributed by atoms with Crippen LogP contribution in [0.2, 0.25) is 0 Å². The van der Waals surface area contributed by atoms with Crippen LogP contribution in [0.25, 0.3) is 0 Å². The topological polar surface area (TPSA) is 49.3 Å². The molecular weight excluding hydrogens is 329 g/mol. The molecule has 1 aromatic rings. The lowest BCUT2D eigenvalue weighted by atomic mass is 10.0. The van der Waals surface area contributed by atoms with Crippen LogP contribution in [-0.4, -0.2) is 23.7 Å². The molecule has 0 spiro atoms. The number of nitrogens with one attached hydrogen (secondary N) is 1. The predicted octanol–water partition coefficient (Wildman–Crippen LogP) is 2.43. The lowest BCUT2D eigenvalue weighted by Crippen LogP contribution is -2.29. The number of carbonyl (C=O) groups is 1. The normalized spacial score (nSPS) is 14.1. The molecule has 0 aromatic heterocycles. The summed E-state index contributed by atoms with van der Waals surface area (Å²) in [6, 6.07) is 7.48. The number of aliphatic hydroxyl groups is 1. The van der Waals surface area contributed by atoms with Crippen LogP contribution in [0, 0.1) is 9.49 Å². The van der Waals surface area contributed by atoms with Gasteiger partial charge in [-0.05, 0) is 60.1 Å². The molecule has 0 aliphatic carbocycles. The van der Waals surface area contributed by atoms with Gasteiger partial charge in [-0.2, -0.15) is 0 Å². The highest BCUT2D eigenvalue weighted by Gasteiger charge is 2.09. The number of aliphatic hydroxyl groups excluding tert-OH is 1. The van der Waals surface area contributed by atoms with E-state index in [2.05, 4.69) is 27.9 Å². The molecule has 0 radical (unpaired) electrons. The zero-order chi connectivity index (χ0) is 12.8. The van der Waals surface area contributed by atoms with Gasteiger partial charge >= 0.3 is 0 Å². The maximum absolute atomic E-state index is 11.8. The van der Waals surface area contributed by atoms with E-state index in [0.29, 0.717) is 18.5 Å². The van der Waals surface area contributed by atoms with Crippen molar-refractivity contribution in [3.8, 4) is 0 Å². The fourth-order valence-electron chi connectivity index (χ4n) is 1.66. The van der Waals surface area contributed by atoms with E-state index in [-0.39, 0.29) is 17.9 Å². The SMILES string of the molecule is CC(O)CC(C)CNC(=O)c1cccc(I)c1. The van der Waals surface area contributed by atoms with Crippen LogP contribution in [0.5, 0.6) is 0 Å². The van der Waals surface area contributed by atoms with Crippen molar-refractivity contribution in [1.29, 1.82) is 0 Å². The maximum atomic E-state index is 11.8. The molecule has 0 fully saturated rings. The average molecular weight is 347 g/mol. The quantitative estimate of drug-likeness (QED) is 0.804. The lowest BCUT2D eigenvalue weighted by molar-refractivity contribution is 0.0939. The molecule has 1 rings (SSSR count). The number of rotatable bonds is 5. The Morgan fingerprint density at radius 1 is 1.47 bits per heavy atom. The van der Waals surface area contributed by atoms with Gasteiger partial charge in [0.25, 0.3) is 5.91 Å². The number of carbonyl (C=O) groups excluding carboxylic acids is 1. The first-order chi connectivity index (χ1) is 7.99. The minimum absolute atomic E-state index is 0.0547. The number of benzene rings is 1. The molecule has 2 unspecified atom stereocenters. The van der Waals surface area contributed by atoms with Gasteiger partial charge in [0.05, 0.1) is 6.10 Å². The van der Waals surface area contributed by atoms with Crippen molar-refractivity contribution in [2.45, 2.75) is 26.4 Å². The number of hydrogen-bond acceptors (Lipinski definition) is 2. The van der Waals surface area contributed by atoms with E-state index in [1.54, 1.807) is 13.0 Å². The molecule has 0 saturated carbocycles. The van der Waals surface area contributed by atoms with Crippen molar-refractivity contribution in [2.75, 3.05) is 6.54 Å². The molecule has 0 aliphatic rings. The van der Waals surface area contributed by atoms with Gasteiger partial charge in [-0.3, -0.25) is 4.79 Å². The summed E-state index contributed by atoms with van der Waals surface area (Å²) < 4.78 is 1.05. The third-order valence-electron chi connectivity index (χ3n) is 2.44. The summed E-state index contributed by atoms with van der Waals surface area (Å²) in [4.78, 5) is 11.8. The summed E-state index contributed by atoms with van der Waals surface area (Å²) in [6.07, 6.45) is 0.381. The van der Waals surface area contributed by atoms with Gasteiger partial charge < -0.3 is 10.4 Å². The smallest absolute Gasteiger partial charge is 0.251 e. The van der Waals surface area contributed by atoms with Crippen LogP contribution in [0.4, 0.5) is 0 Å². The summed E-state index contributed by atoms with van der Waals surface area (Å²) in [5.74, 6) is 0.225. The molecule has 0 bridgehead atoms. The highest BCUT2D eigenvalue weighted by molar-refractivity contribution is 14.1. The molecule has 1 aromatic carbocycles. The fraction of sp³-hybridized carbons (Fsp3) is 0.462. The Morgan fingerprint density at radius 3 is 2.76 bits per heavy atom. The molecule has 1 amide bonds. The fourth-order valence-corrected chi connectivity index (χ4v) is 2.21. The van der Waals surface area contributed by atoms with Crippen molar-refractivity contribution in [2.24, 2.45) is 5.92 Å². The van der Waals surface area contributed by atoms with Crippen molar-refractivity contribution in [3.05, 3.63) is 33.4 Å². The third-order valence-corrected chi connectivity index (χ3v) is 3.11. The molecule has 2 atom stereocenters. The monoisotopic (exact) mass is 347 g/mol. The molecule has 3 nitrogen and oxygen atoms in total. The van der Waals surface area contributed by atoms with Gasteiger partial charge in [0, 0.05) is 15.7 Å². The van der Waals surface area contributed by atoms with E-state index in [0.717, 1.165) is 3.57 Å². The molecule has 17 heavy (non-hydrogen) atoms. The Hall–Kier alpha value is -0.620. The van der Waals surface area contributed by atoms with Crippen LogP contribution in [0.3, 0.4) is 0 Å². The van der Waals surface area contributed by atoms with Crippen molar-refractivity contribution < 1.29 is 9.90 Å². The van der Waals surface area contributed by atoms with E-state index < -0.39 is 0 Å². The minimum Gasteiger partial charge on any atom is -0.393 e. The molecule has 0 aliphatic heterocycles. The van der Waals surface area contributed by atoms with Gasteiger partial charge in [-0.1, -0.05) is 13.0 Å². The minimum atomic E-state index is -0.320. The van der Waals surface area contributed by atoms with E-state index in [9.17, 15) is 9.90 Å². The molecule has 4 heteroatoms. The van der Waals surface area contributed by atoms with Gasteiger partial charge in [-0.25, -0.2) is 0 Å². The van der Waals surface area contributed by atoms with Gasteiger partial charge in [0.15, 0.2) is 0 Å². The maximum Gasteiger partial charge on any atom is 0.251 e. The van der Waals surface area contributed by atoms with E-state index in [4.69, 9.17) is 0 Å². The van der Waals surface area contributed by atoms with E-state index >= 15 is 0 Å². The molecule has 0 heterocycles. The summed E-state index contributed by atoms with van der Waals surface area (Å²) in [6.45, 7) is 4.37. The number of amides is 1. The highest BCUT2D eigenvalue weighted by atomic mass is 127. The molecular formula is C13H18INO2. The standard InChI is InChI=1S/C13H18INO2/c1-9(6-10(2)16)8-15-13(17)11-4-3-5-12(14)7-11/h3-5,7,9-10,16H,6,8H2,1-2H3,(H,15,17). The number of hydrogen-bond donors (Lipinski definition) is 2. The Bertz CT molecular complexity index is 379. The first-order valence-electron chi connectivity index (χ1n) is 5.71. The Morgan fingerprint density at radius 2 is 2.18 bits per heavy atom. The molecule has 94 valence electrons. The average Bonchev–Trinajstić information content (AvgIpc) is 2.25. The molecule has 2 N–H and O–H groups in total. The van der Waals surface area contributed by atoms with Crippen molar-refractivity contribution >= 4 is 28.5 Å². The zero-order valence-electron chi connectivity index (χ0n) is 10.1.